The van der Waals surface area contributed by atoms with Crippen LogP contribution >= 0.6 is 0 Å². The number of hydrogen-bond donors (Lipinski definition) is 1. The van der Waals surface area contributed by atoms with Crippen molar-refractivity contribution in [1.82, 2.24) is 10.2 Å². The fourth-order valence-electron chi connectivity index (χ4n) is 5.35. The van der Waals surface area contributed by atoms with Crippen molar-refractivity contribution in [2.75, 3.05) is 24.6 Å². The molecule has 3 aromatic carbocycles. The van der Waals surface area contributed by atoms with Gasteiger partial charge >= 0.3 is 0 Å². The number of benzene rings is 3. The SMILES string of the molecule is CCOc1ccc(N(CC(=O)N(Cc2ccc(OC)cc2)C(CC)C(=O)NC2CCCC2)S(=O)(=O)c2ccc(F)cc2)cc1. The maximum Gasteiger partial charge on any atom is 0.264 e. The number of carbonyl (C=O) groups is 2. The van der Waals surface area contributed by atoms with Crippen molar-refractivity contribution in [3.63, 3.8) is 0 Å². The number of methoxy groups -OCH3 is 1. The molecule has 44 heavy (non-hydrogen) atoms. The molecule has 2 amide bonds. The Kier molecular flexibility index (Phi) is 11.2. The van der Waals surface area contributed by atoms with Crippen LogP contribution < -0.4 is 19.1 Å². The summed E-state index contributed by atoms with van der Waals surface area (Å²) in [6.45, 7) is 3.58. The molecule has 0 radical (unpaired) electrons. The number of nitrogens with one attached hydrogen (secondary N) is 1. The molecule has 1 saturated carbocycles. The average Bonchev–Trinajstić information content (AvgIpc) is 3.54. The van der Waals surface area contributed by atoms with Crippen LogP contribution in [-0.2, 0) is 26.2 Å². The van der Waals surface area contributed by atoms with Gasteiger partial charge in [-0.3, -0.25) is 13.9 Å². The monoisotopic (exact) mass is 625 g/mol. The van der Waals surface area contributed by atoms with Crippen molar-refractivity contribution in [2.45, 2.75) is 69.5 Å². The first-order valence-electron chi connectivity index (χ1n) is 14.9. The van der Waals surface area contributed by atoms with Crippen molar-refractivity contribution >= 4 is 27.5 Å². The van der Waals surface area contributed by atoms with Crippen molar-refractivity contribution in [1.29, 1.82) is 0 Å². The second kappa shape index (κ2) is 15.1. The van der Waals surface area contributed by atoms with Crippen LogP contribution in [0.15, 0.2) is 77.7 Å². The second-order valence-electron chi connectivity index (χ2n) is 10.7. The van der Waals surface area contributed by atoms with Crippen LogP contribution in [0.1, 0.15) is 51.5 Å². The third-order valence-electron chi connectivity index (χ3n) is 7.72. The Morgan fingerprint density at radius 3 is 2.11 bits per heavy atom. The molecule has 11 heteroatoms. The van der Waals surface area contributed by atoms with Crippen molar-refractivity contribution in [3.8, 4) is 11.5 Å². The molecule has 4 rings (SSSR count). The van der Waals surface area contributed by atoms with Gasteiger partial charge < -0.3 is 19.7 Å². The van der Waals surface area contributed by atoms with Crippen molar-refractivity contribution < 1.29 is 31.9 Å². The summed E-state index contributed by atoms with van der Waals surface area (Å²) in [5.74, 6) is -0.233. The number of hydrogen-bond acceptors (Lipinski definition) is 6. The van der Waals surface area contributed by atoms with Gasteiger partial charge in [0.1, 0.15) is 29.9 Å². The molecule has 0 heterocycles. The van der Waals surface area contributed by atoms with E-state index in [1.807, 2.05) is 13.8 Å². The summed E-state index contributed by atoms with van der Waals surface area (Å²) in [7, 11) is -2.76. The molecule has 9 nitrogen and oxygen atoms in total. The van der Waals surface area contributed by atoms with E-state index in [0.29, 0.717) is 24.5 Å². The third-order valence-corrected chi connectivity index (χ3v) is 9.50. The number of carbonyl (C=O) groups excluding carboxylic acids is 2. The number of ether oxygens (including phenoxy) is 2. The lowest BCUT2D eigenvalue weighted by Crippen LogP contribution is -2.53. The van der Waals surface area contributed by atoms with Gasteiger partial charge in [-0.15, -0.1) is 0 Å². The molecule has 1 fully saturated rings. The zero-order chi connectivity index (χ0) is 31.7. The van der Waals surface area contributed by atoms with Crippen molar-refractivity contribution in [2.24, 2.45) is 0 Å². The lowest BCUT2D eigenvalue weighted by Gasteiger charge is -2.33. The summed E-state index contributed by atoms with van der Waals surface area (Å²) in [5.41, 5.74) is 0.972. The van der Waals surface area contributed by atoms with Crippen LogP contribution in [0.2, 0.25) is 0 Å². The summed E-state index contributed by atoms with van der Waals surface area (Å²) < 4.78 is 53.4. The summed E-state index contributed by atoms with van der Waals surface area (Å²) in [6.07, 6.45) is 4.17. The van der Waals surface area contributed by atoms with E-state index in [0.717, 1.165) is 59.8 Å². The average molecular weight is 626 g/mol. The fourth-order valence-corrected chi connectivity index (χ4v) is 6.77. The van der Waals surface area contributed by atoms with Gasteiger partial charge in [-0.05, 0) is 92.4 Å². The Balaban J connectivity index is 1.71. The minimum absolute atomic E-state index is 0.0497. The predicted octanol–water partition coefficient (Wildman–Crippen LogP) is 5.29. The van der Waals surface area contributed by atoms with E-state index >= 15 is 0 Å². The van der Waals surface area contributed by atoms with Crippen LogP contribution in [-0.4, -0.2) is 57.5 Å². The molecule has 0 bridgehead atoms. The Morgan fingerprint density at radius 1 is 0.932 bits per heavy atom. The first kappa shape index (κ1) is 32.8. The molecule has 0 aliphatic heterocycles. The molecule has 236 valence electrons. The van der Waals surface area contributed by atoms with E-state index < -0.39 is 34.3 Å². The first-order chi connectivity index (χ1) is 21.2. The molecule has 0 saturated heterocycles. The van der Waals surface area contributed by atoms with E-state index in [9.17, 15) is 22.4 Å². The largest absolute Gasteiger partial charge is 0.497 e. The van der Waals surface area contributed by atoms with Gasteiger partial charge in [0.2, 0.25) is 11.8 Å². The Labute approximate surface area is 259 Å². The lowest BCUT2D eigenvalue weighted by atomic mass is 10.1. The van der Waals surface area contributed by atoms with Gasteiger partial charge in [-0.2, -0.15) is 0 Å². The normalized spacial score (nSPS) is 14.1. The zero-order valence-corrected chi connectivity index (χ0v) is 26.2. The molecule has 1 aliphatic rings. The summed E-state index contributed by atoms with van der Waals surface area (Å²) in [4.78, 5) is 29.1. The second-order valence-corrected chi connectivity index (χ2v) is 12.5. The third kappa shape index (κ3) is 8.07. The molecular weight excluding hydrogens is 585 g/mol. The first-order valence-corrected chi connectivity index (χ1v) is 16.3. The maximum absolute atomic E-state index is 14.2. The molecule has 0 aromatic heterocycles. The molecule has 1 aliphatic carbocycles. The minimum Gasteiger partial charge on any atom is -0.497 e. The molecule has 3 aromatic rings. The molecule has 0 spiro atoms. The van der Waals surface area contributed by atoms with Gasteiger partial charge in [0.05, 0.1) is 24.3 Å². The Morgan fingerprint density at radius 2 is 1.55 bits per heavy atom. The van der Waals surface area contributed by atoms with E-state index in [1.54, 1.807) is 55.6 Å². The smallest absolute Gasteiger partial charge is 0.264 e. The lowest BCUT2D eigenvalue weighted by molar-refractivity contribution is -0.140. The highest BCUT2D eigenvalue weighted by Gasteiger charge is 2.34. The highest BCUT2D eigenvalue weighted by molar-refractivity contribution is 7.92. The number of nitrogens with zero attached hydrogens (tertiary/aromatic N) is 2. The van der Waals surface area contributed by atoms with E-state index in [1.165, 1.54) is 4.90 Å². The highest BCUT2D eigenvalue weighted by Crippen LogP contribution is 2.27. The van der Waals surface area contributed by atoms with Crippen LogP contribution in [0, 0.1) is 5.82 Å². The number of anilines is 1. The number of sulfonamides is 1. The predicted molar refractivity (Wildman–Crippen MR) is 167 cm³/mol. The van der Waals surface area contributed by atoms with E-state index in [2.05, 4.69) is 5.32 Å². The van der Waals surface area contributed by atoms with E-state index in [-0.39, 0.29) is 29.1 Å². The molecule has 1 unspecified atom stereocenters. The molecule has 1 N–H and O–H groups in total. The number of rotatable bonds is 14. The van der Waals surface area contributed by atoms with Crippen LogP contribution in [0.5, 0.6) is 11.5 Å². The Hall–Kier alpha value is -4.12. The van der Waals surface area contributed by atoms with Crippen LogP contribution in [0.25, 0.3) is 0 Å². The highest BCUT2D eigenvalue weighted by atomic mass is 32.2. The quantitative estimate of drug-likeness (QED) is 0.261. The zero-order valence-electron chi connectivity index (χ0n) is 25.4. The summed E-state index contributed by atoms with van der Waals surface area (Å²) in [6, 6.07) is 17.1. The standard InChI is InChI=1S/C33H40FN3O6S/c1-4-31(33(39)35-26-8-6-7-9-26)36(22-24-10-16-28(42-3)17-11-24)32(38)23-37(27-14-18-29(19-15-27)43-5-2)44(40,41)30-20-12-25(34)13-21-30/h10-21,26,31H,4-9,22-23H2,1-3H3,(H,35,39). The van der Waals surface area contributed by atoms with Gasteiger partial charge in [0, 0.05) is 12.6 Å². The number of halogens is 1. The summed E-state index contributed by atoms with van der Waals surface area (Å²) >= 11 is 0. The minimum atomic E-state index is -4.32. The van der Waals surface area contributed by atoms with E-state index in [4.69, 9.17) is 9.47 Å². The number of amides is 2. The Bertz CT molecular complexity index is 1490. The van der Waals surface area contributed by atoms with Crippen LogP contribution in [0.4, 0.5) is 10.1 Å². The van der Waals surface area contributed by atoms with Crippen molar-refractivity contribution in [3.05, 3.63) is 84.2 Å². The van der Waals surface area contributed by atoms with Gasteiger partial charge in [-0.25, -0.2) is 12.8 Å². The molecular formula is C33H40FN3O6S. The van der Waals surface area contributed by atoms with Crippen LogP contribution in [0.3, 0.4) is 0 Å². The van der Waals surface area contributed by atoms with Gasteiger partial charge in [0.15, 0.2) is 0 Å². The van der Waals surface area contributed by atoms with Gasteiger partial charge in [0.25, 0.3) is 10.0 Å². The molecule has 1 atom stereocenters. The summed E-state index contributed by atoms with van der Waals surface area (Å²) in [5, 5.41) is 3.10. The topological polar surface area (TPSA) is 105 Å². The fraction of sp³-hybridized carbons (Fsp3) is 0.394. The maximum atomic E-state index is 14.2. The van der Waals surface area contributed by atoms with Gasteiger partial charge in [-0.1, -0.05) is 31.9 Å².